The number of carboxylic acids is 1. The number of aromatic nitrogens is 1. The molecule has 8 heteroatoms. The Morgan fingerprint density at radius 2 is 1.63 bits per heavy atom. The molecule has 0 bridgehead atoms. The first kappa shape index (κ1) is 24.1. The van der Waals surface area contributed by atoms with Gasteiger partial charge in [0.15, 0.2) is 0 Å². The third kappa shape index (κ3) is 5.22. The van der Waals surface area contributed by atoms with Crippen LogP contribution in [0.3, 0.4) is 0 Å². The molecule has 0 unspecified atom stereocenters. The number of aliphatic hydroxyl groups is 1. The number of rotatable bonds is 10. The van der Waals surface area contributed by atoms with Crippen molar-refractivity contribution >= 4 is 17.8 Å². The number of carboxylic acid groups (broad SMARTS) is 1. The number of fused-ring (bicyclic) bond motifs is 1. The Balaban J connectivity index is 1.33. The fourth-order valence-corrected chi connectivity index (χ4v) is 4.21. The van der Waals surface area contributed by atoms with Crippen LogP contribution in [0.15, 0.2) is 66.9 Å². The van der Waals surface area contributed by atoms with Gasteiger partial charge < -0.3 is 14.9 Å². The Kier molecular flexibility index (Phi) is 7.22. The molecule has 1 aliphatic rings. The van der Waals surface area contributed by atoms with E-state index in [1.54, 1.807) is 37.6 Å². The molecular formula is C27H26N2O6. The van der Waals surface area contributed by atoms with Gasteiger partial charge in [-0.1, -0.05) is 18.2 Å². The van der Waals surface area contributed by atoms with Crippen LogP contribution in [0.5, 0.6) is 5.75 Å². The molecule has 3 aromatic rings. The van der Waals surface area contributed by atoms with Crippen molar-refractivity contribution in [1.29, 1.82) is 0 Å². The minimum absolute atomic E-state index is 0.0311. The summed E-state index contributed by atoms with van der Waals surface area (Å²) in [6.07, 6.45) is 1.19. The highest BCUT2D eigenvalue weighted by molar-refractivity contribution is 6.21. The molecule has 35 heavy (non-hydrogen) atoms. The van der Waals surface area contributed by atoms with E-state index in [1.807, 2.05) is 36.4 Å². The van der Waals surface area contributed by atoms with Crippen molar-refractivity contribution < 1.29 is 29.3 Å². The van der Waals surface area contributed by atoms with Gasteiger partial charge >= 0.3 is 5.97 Å². The topological polar surface area (TPSA) is 117 Å². The number of aryl methyl sites for hydroxylation is 1. The van der Waals surface area contributed by atoms with E-state index in [0.717, 1.165) is 27.5 Å². The van der Waals surface area contributed by atoms with Crippen LogP contribution >= 0.6 is 0 Å². The third-order valence-corrected chi connectivity index (χ3v) is 6.26. The molecule has 2 heterocycles. The standard InChI is InChI=1S/C27H26N2O6/c1-35-19-10-8-18(9-11-19)23-12-6-17(16-28-23)7-13-24(30)22(27(33)34)14-15-29-25(31)20-4-2-3-5-21(20)26(29)32/h2-6,8-12,16,22,24,30H,7,13-15H2,1H3,(H,33,34)/t22-,24-/m1/s1. The average molecular weight is 475 g/mol. The van der Waals surface area contributed by atoms with Gasteiger partial charge in [0.2, 0.25) is 0 Å². The maximum absolute atomic E-state index is 12.5. The van der Waals surface area contributed by atoms with Crippen LogP contribution in [-0.4, -0.2) is 57.6 Å². The second kappa shape index (κ2) is 10.5. The van der Waals surface area contributed by atoms with E-state index in [-0.39, 0.29) is 19.4 Å². The summed E-state index contributed by atoms with van der Waals surface area (Å²) in [5.74, 6) is -2.39. The predicted octanol–water partition coefficient (Wildman–Crippen LogP) is 3.44. The fourth-order valence-electron chi connectivity index (χ4n) is 4.21. The number of carbonyl (C=O) groups excluding carboxylic acids is 2. The molecule has 0 saturated heterocycles. The number of ether oxygens (including phenoxy) is 1. The number of methoxy groups -OCH3 is 1. The van der Waals surface area contributed by atoms with Crippen molar-refractivity contribution in [2.45, 2.75) is 25.4 Å². The van der Waals surface area contributed by atoms with Gasteiger partial charge in [-0.25, -0.2) is 0 Å². The van der Waals surface area contributed by atoms with E-state index >= 15 is 0 Å². The number of benzene rings is 2. The summed E-state index contributed by atoms with van der Waals surface area (Å²) in [5, 5.41) is 20.3. The molecule has 180 valence electrons. The van der Waals surface area contributed by atoms with Gasteiger partial charge in [-0.3, -0.25) is 24.3 Å². The number of aliphatic carboxylic acids is 1. The summed E-state index contributed by atoms with van der Waals surface area (Å²) in [6.45, 7) is -0.0709. The number of nitrogens with zero attached hydrogens (tertiary/aromatic N) is 2. The summed E-state index contributed by atoms with van der Waals surface area (Å²) >= 11 is 0. The molecule has 0 radical (unpaired) electrons. The van der Waals surface area contributed by atoms with Crippen LogP contribution in [0.4, 0.5) is 0 Å². The lowest BCUT2D eigenvalue weighted by Crippen LogP contribution is -2.36. The molecule has 8 nitrogen and oxygen atoms in total. The van der Waals surface area contributed by atoms with Gasteiger partial charge in [0.1, 0.15) is 5.75 Å². The van der Waals surface area contributed by atoms with Crippen molar-refractivity contribution in [3.63, 3.8) is 0 Å². The van der Waals surface area contributed by atoms with Crippen molar-refractivity contribution in [1.82, 2.24) is 9.88 Å². The second-order valence-corrected chi connectivity index (χ2v) is 8.43. The minimum atomic E-state index is -1.16. The maximum atomic E-state index is 12.5. The quantitative estimate of drug-likeness (QED) is 0.432. The Bertz CT molecular complexity index is 1190. The molecule has 0 spiro atoms. The number of pyridine rings is 1. The monoisotopic (exact) mass is 474 g/mol. The van der Waals surface area contributed by atoms with E-state index in [4.69, 9.17) is 4.74 Å². The van der Waals surface area contributed by atoms with Crippen molar-refractivity contribution in [2.24, 2.45) is 5.92 Å². The Hall–Kier alpha value is -4.04. The summed E-state index contributed by atoms with van der Waals surface area (Å²) in [4.78, 5) is 42.4. The number of carbonyl (C=O) groups is 3. The van der Waals surface area contributed by atoms with Crippen LogP contribution in [0.1, 0.15) is 39.1 Å². The highest BCUT2D eigenvalue weighted by Crippen LogP contribution is 2.25. The molecule has 0 fully saturated rings. The second-order valence-electron chi connectivity index (χ2n) is 8.43. The van der Waals surface area contributed by atoms with Crippen LogP contribution in [0.25, 0.3) is 11.3 Å². The first-order chi connectivity index (χ1) is 16.9. The van der Waals surface area contributed by atoms with Gasteiger partial charge in [-0.2, -0.15) is 0 Å². The molecule has 4 rings (SSSR count). The lowest BCUT2D eigenvalue weighted by atomic mass is 9.93. The number of amides is 2. The molecule has 1 aliphatic heterocycles. The molecule has 2 atom stereocenters. The van der Waals surface area contributed by atoms with Crippen LogP contribution in [0.2, 0.25) is 0 Å². The predicted molar refractivity (Wildman–Crippen MR) is 128 cm³/mol. The van der Waals surface area contributed by atoms with Gasteiger partial charge in [0.05, 0.1) is 36.0 Å². The maximum Gasteiger partial charge on any atom is 0.309 e. The highest BCUT2D eigenvalue weighted by atomic mass is 16.5. The van der Waals surface area contributed by atoms with Crippen LogP contribution in [-0.2, 0) is 11.2 Å². The minimum Gasteiger partial charge on any atom is -0.497 e. The summed E-state index contributed by atoms with van der Waals surface area (Å²) in [7, 11) is 1.61. The zero-order chi connectivity index (χ0) is 24.9. The van der Waals surface area contributed by atoms with Gasteiger partial charge in [-0.15, -0.1) is 0 Å². The number of imide groups is 1. The summed E-state index contributed by atoms with van der Waals surface area (Å²) < 4.78 is 5.16. The normalized spacial score (nSPS) is 14.5. The Labute approximate surface area is 202 Å². The number of hydrogen-bond donors (Lipinski definition) is 2. The first-order valence-corrected chi connectivity index (χ1v) is 11.3. The van der Waals surface area contributed by atoms with E-state index in [1.165, 1.54) is 0 Å². The third-order valence-electron chi connectivity index (χ3n) is 6.26. The Morgan fingerprint density at radius 1 is 0.971 bits per heavy atom. The molecule has 2 N–H and O–H groups in total. The van der Waals surface area contributed by atoms with Gasteiger partial charge in [0.25, 0.3) is 11.8 Å². The molecule has 0 saturated carbocycles. The van der Waals surface area contributed by atoms with E-state index < -0.39 is 29.8 Å². The van der Waals surface area contributed by atoms with Crippen molar-refractivity contribution in [3.05, 3.63) is 83.6 Å². The van der Waals surface area contributed by atoms with E-state index in [2.05, 4.69) is 4.98 Å². The van der Waals surface area contributed by atoms with Gasteiger partial charge in [-0.05, 0) is 67.3 Å². The average Bonchev–Trinajstić information content (AvgIpc) is 3.12. The SMILES string of the molecule is COc1ccc(-c2ccc(CC[C@@H](O)[C@@H](CCN3C(=O)c4ccccc4C3=O)C(=O)O)cn2)cc1. The van der Waals surface area contributed by atoms with Crippen molar-refractivity contribution in [2.75, 3.05) is 13.7 Å². The van der Waals surface area contributed by atoms with E-state index in [9.17, 15) is 24.6 Å². The highest BCUT2D eigenvalue weighted by Gasteiger charge is 2.36. The van der Waals surface area contributed by atoms with Crippen LogP contribution in [0, 0.1) is 5.92 Å². The number of aliphatic hydroxyl groups excluding tert-OH is 1. The van der Waals surface area contributed by atoms with E-state index in [0.29, 0.717) is 17.5 Å². The largest absolute Gasteiger partial charge is 0.497 e. The smallest absolute Gasteiger partial charge is 0.309 e. The molecule has 2 amide bonds. The zero-order valence-corrected chi connectivity index (χ0v) is 19.3. The Morgan fingerprint density at radius 3 is 2.17 bits per heavy atom. The van der Waals surface area contributed by atoms with Crippen molar-refractivity contribution in [3.8, 4) is 17.0 Å². The first-order valence-electron chi connectivity index (χ1n) is 11.3. The summed E-state index contributed by atoms with van der Waals surface area (Å²) in [6, 6.07) is 17.8. The molecule has 1 aromatic heterocycles. The zero-order valence-electron chi connectivity index (χ0n) is 19.3. The molecule has 0 aliphatic carbocycles. The molecule has 2 aromatic carbocycles. The molecular weight excluding hydrogens is 448 g/mol. The fraction of sp³-hybridized carbons (Fsp3) is 0.259. The summed E-state index contributed by atoms with van der Waals surface area (Å²) in [5.41, 5.74) is 3.23. The lowest BCUT2D eigenvalue weighted by molar-refractivity contribution is -0.146. The van der Waals surface area contributed by atoms with Gasteiger partial charge in [0, 0.05) is 18.3 Å². The number of hydrogen-bond acceptors (Lipinski definition) is 6. The lowest BCUT2D eigenvalue weighted by Gasteiger charge is -2.22. The van der Waals surface area contributed by atoms with Crippen LogP contribution < -0.4 is 4.74 Å².